The predicted molar refractivity (Wildman–Crippen MR) is 126 cm³/mol. The van der Waals surface area contributed by atoms with E-state index in [0.717, 1.165) is 11.1 Å². The highest BCUT2D eigenvalue weighted by molar-refractivity contribution is 6.31. The van der Waals surface area contributed by atoms with Gasteiger partial charge in [-0.05, 0) is 30.3 Å². The Balaban J connectivity index is 1.57. The van der Waals surface area contributed by atoms with E-state index in [0.29, 0.717) is 23.4 Å². The number of imide groups is 1. The maximum absolute atomic E-state index is 14.2. The topological polar surface area (TPSA) is 52.6 Å². The van der Waals surface area contributed by atoms with Gasteiger partial charge in [0, 0.05) is 30.0 Å². The first-order valence-electron chi connectivity index (χ1n) is 10.7. The maximum Gasteiger partial charge on any atom is 0.326 e. The van der Waals surface area contributed by atoms with E-state index in [1.807, 2.05) is 60.7 Å². The Bertz CT molecular complexity index is 1080. The van der Waals surface area contributed by atoms with E-state index < -0.39 is 17.4 Å². The molecule has 1 saturated heterocycles. The molecular formula is C26H25ClFN3O2. The number of halogens is 2. The summed E-state index contributed by atoms with van der Waals surface area (Å²) < 4.78 is 14.2. The second kappa shape index (κ2) is 9.73. The van der Waals surface area contributed by atoms with Gasteiger partial charge in [-0.15, -0.1) is 0 Å². The van der Waals surface area contributed by atoms with E-state index in [1.165, 1.54) is 11.0 Å². The van der Waals surface area contributed by atoms with E-state index in [4.69, 9.17) is 11.6 Å². The molecule has 1 aliphatic rings. The van der Waals surface area contributed by atoms with Crippen molar-refractivity contribution < 1.29 is 14.0 Å². The fourth-order valence-corrected chi connectivity index (χ4v) is 4.46. The minimum Gasteiger partial charge on any atom is -0.322 e. The summed E-state index contributed by atoms with van der Waals surface area (Å²) in [7, 11) is 1.72. The summed E-state index contributed by atoms with van der Waals surface area (Å²) in [5.41, 5.74) is 1.13. The van der Waals surface area contributed by atoms with Crippen molar-refractivity contribution in [2.45, 2.75) is 24.9 Å². The molecule has 33 heavy (non-hydrogen) atoms. The number of amides is 3. The van der Waals surface area contributed by atoms with E-state index >= 15 is 0 Å². The molecule has 0 aromatic heterocycles. The van der Waals surface area contributed by atoms with Crippen molar-refractivity contribution in [2.75, 3.05) is 13.7 Å². The van der Waals surface area contributed by atoms with Crippen LogP contribution in [0.1, 0.15) is 16.7 Å². The fourth-order valence-electron chi connectivity index (χ4n) is 4.24. The zero-order chi connectivity index (χ0) is 23.4. The summed E-state index contributed by atoms with van der Waals surface area (Å²) >= 11 is 6.15. The lowest BCUT2D eigenvalue weighted by Gasteiger charge is -2.28. The zero-order valence-electron chi connectivity index (χ0n) is 18.3. The molecule has 0 spiro atoms. The van der Waals surface area contributed by atoms with Gasteiger partial charge >= 0.3 is 6.03 Å². The van der Waals surface area contributed by atoms with E-state index in [2.05, 4.69) is 5.32 Å². The fraction of sp³-hybridized carbons (Fsp3) is 0.231. The van der Waals surface area contributed by atoms with Crippen LogP contribution in [0.2, 0.25) is 5.02 Å². The molecule has 0 unspecified atom stereocenters. The molecule has 0 bridgehead atoms. The van der Waals surface area contributed by atoms with Crippen molar-refractivity contribution in [3.8, 4) is 0 Å². The Labute approximate surface area is 197 Å². The van der Waals surface area contributed by atoms with Crippen LogP contribution in [0.5, 0.6) is 0 Å². The van der Waals surface area contributed by atoms with Crippen LogP contribution in [0.3, 0.4) is 0 Å². The Kier molecular flexibility index (Phi) is 6.77. The normalized spacial score (nSPS) is 15.2. The molecule has 4 rings (SSSR count). The third kappa shape index (κ3) is 5.07. The van der Waals surface area contributed by atoms with Crippen molar-refractivity contribution in [2.24, 2.45) is 0 Å². The minimum absolute atomic E-state index is 0.0145. The number of urea groups is 1. The number of nitrogens with one attached hydrogen (secondary N) is 1. The van der Waals surface area contributed by atoms with Crippen LogP contribution in [0.25, 0.3) is 0 Å². The summed E-state index contributed by atoms with van der Waals surface area (Å²) in [6.45, 7) is 0.174. The van der Waals surface area contributed by atoms with Gasteiger partial charge in [0.15, 0.2) is 0 Å². The maximum atomic E-state index is 14.2. The monoisotopic (exact) mass is 465 g/mol. The highest BCUT2D eigenvalue weighted by Gasteiger charge is 2.51. The first-order chi connectivity index (χ1) is 15.9. The smallest absolute Gasteiger partial charge is 0.322 e. The lowest BCUT2D eigenvalue weighted by molar-refractivity contribution is -0.132. The quantitative estimate of drug-likeness (QED) is 0.493. The number of nitrogens with zero attached hydrogens (tertiary/aromatic N) is 2. The molecule has 170 valence electrons. The van der Waals surface area contributed by atoms with Gasteiger partial charge in [-0.25, -0.2) is 14.1 Å². The summed E-state index contributed by atoms with van der Waals surface area (Å²) in [5, 5.41) is 3.27. The van der Waals surface area contributed by atoms with Crippen molar-refractivity contribution in [3.63, 3.8) is 0 Å². The molecule has 0 saturated carbocycles. The number of carbonyl (C=O) groups is 2. The highest BCUT2D eigenvalue weighted by atomic mass is 35.5. The molecule has 3 aromatic carbocycles. The largest absolute Gasteiger partial charge is 0.326 e. The molecule has 0 aliphatic carbocycles. The second-order valence-electron chi connectivity index (χ2n) is 8.43. The summed E-state index contributed by atoms with van der Waals surface area (Å²) in [6.07, 6.45) is 0.735. The first-order valence-corrected chi connectivity index (χ1v) is 11.1. The van der Waals surface area contributed by atoms with Crippen LogP contribution in [-0.2, 0) is 24.2 Å². The minimum atomic E-state index is -1.10. The van der Waals surface area contributed by atoms with E-state index in [9.17, 15) is 14.0 Å². The standard InChI is InChI=1S/C26H25ClFN3O2/c1-30(17-21-22(27)13-8-14-23(21)28)18-31-24(32)26(29-25(31)33,15-19-9-4-2-5-10-19)16-20-11-6-3-7-12-20/h2-14H,15-18H2,1H3,(H,29,33). The summed E-state index contributed by atoms with van der Waals surface area (Å²) in [6, 6.07) is 23.3. The van der Waals surface area contributed by atoms with Gasteiger partial charge in [-0.2, -0.15) is 0 Å². The van der Waals surface area contributed by atoms with E-state index in [1.54, 1.807) is 24.1 Å². The molecule has 0 radical (unpaired) electrons. The number of rotatable bonds is 8. The molecule has 1 fully saturated rings. The molecule has 1 heterocycles. The third-order valence-corrected chi connectivity index (χ3v) is 6.17. The summed E-state index contributed by atoms with van der Waals surface area (Å²) in [5.74, 6) is -0.722. The second-order valence-corrected chi connectivity index (χ2v) is 8.83. The number of hydrogen-bond acceptors (Lipinski definition) is 3. The Morgan fingerprint density at radius 1 is 0.909 bits per heavy atom. The predicted octanol–water partition coefficient (Wildman–Crippen LogP) is 4.64. The average molecular weight is 466 g/mol. The molecule has 3 aromatic rings. The molecule has 3 amide bonds. The van der Waals surface area contributed by atoms with Crippen LogP contribution in [0.4, 0.5) is 9.18 Å². The lowest BCUT2D eigenvalue weighted by atomic mass is 9.84. The SMILES string of the molecule is CN(Cc1c(F)cccc1Cl)CN1C(=O)NC(Cc2ccccc2)(Cc2ccccc2)C1=O. The molecule has 5 nitrogen and oxygen atoms in total. The zero-order valence-corrected chi connectivity index (χ0v) is 19.1. The number of carbonyl (C=O) groups excluding carboxylic acids is 2. The molecular weight excluding hydrogens is 441 g/mol. The van der Waals surface area contributed by atoms with Crippen molar-refractivity contribution in [1.29, 1.82) is 0 Å². The van der Waals surface area contributed by atoms with Crippen molar-refractivity contribution >= 4 is 23.5 Å². The van der Waals surface area contributed by atoms with Crippen LogP contribution in [-0.4, -0.2) is 41.0 Å². The van der Waals surface area contributed by atoms with Gasteiger partial charge in [0.25, 0.3) is 5.91 Å². The van der Waals surface area contributed by atoms with Gasteiger partial charge in [0.1, 0.15) is 11.4 Å². The van der Waals surface area contributed by atoms with Gasteiger partial charge in [0.05, 0.1) is 6.67 Å². The average Bonchev–Trinajstić information content (AvgIpc) is 3.01. The number of hydrogen-bond donors (Lipinski definition) is 1. The van der Waals surface area contributed by atoms with Crippen LogP contribution >= 0.6 is 11.6 Å². The third-order valence-electron chi connectivity index (χ3n) is 5.82. The number of benzene rings is 3. The Morgan fingerprint density at radius 3 is 2.03 bits per heavy atom. The Hall–Kier alpha value is -3.22. The van der Waals surface area contributed by atoms with Crippen molar-refractivity contribution in [3.05, 3.63) is 106 Å². The molecule has 1 N–H and O–H groups in total. The molecule has 1 aliphatic heterocycles. The van der Waals surface area contributed by atoms with Crippen molar-refractivity contribution in [1.82, 2.24) is 15.1 Å². The highest BCUT2D eigenvalue weighted by Crippen LogP contribution is 2.28. The lowest BCUT2D eigenvalue weighted by Crippen LogP contribution is -2.51. The van der Waals surface area contributed by atoms with Crippen LogP contribution in [0, 0.1) is 5.82 Å². The van der Waals surface area contributed by atoms with Gasteiger partial charge < -0.3 is 5.32 Å². The van der Waals surface area contributed by atoms with Gasteiger partial charge in [0.2, 0.25) is 0 Å². The van der Waals surface area contributed by atoms with Crippen LogP contribution < -0.4 is 5.32 Å². The van der Waals surface area contributed by atoms with Crippen LogP contribution in [0.15, 0.2) is 78.9 Å². The Morgan fingerprint density at radius 2 is 1.48 bits per heavy atom. The summed E-state index contributed by atoms with van der Waals surface area (Å²) in [4.78, 5) is 29.5. The molecule has 7 heteroatoms. The van der Waals surface area contributed by atoms with Gasteiger partial charge in [-0.3, -0.25) is 9.69 Å². The first kappa shape index (κ1) is 23.0. The van der Waals surface area contributed by atoms with E-state index in [-0.39, 0.29) is 19.1 Å². The molecule has 0 atom stereocenters. The van der Waals surface area contributed by atoms with Gasteiger partial charge in [-0.1, -0.05) is 78.3 Å².